The molecular weight excluding hydrogens is 364 g/mol. The molecular formula is C23H28N4S. The third kappa shape index (κ3) is 5.42. The molecule has 1 aromatic heterocycles. The highest BCUT2D eigenvalue weighted by atomic mass is 32.1. The number of aryl methyl sites for hydroxylation is 4. The second-order valence-corrected chi connectivity index (χ2v) is 7.64. The van der Waals surface area contributed by atoms with Gasteiger partial charge in [-0.05, 0) is 56.1 Å². The number of rotatable bonds is 7. The number of nitrogens with one attached hydrogen (secondary N) is 1. The normalized spacial score (nSPS) is 10.7. The van der Waals surface area contributed by atoms with Gasteiger partial charge in [0.1, 0.15) is 0 Å². The first-order valence-electron chi connectivity index (χ1n) is 9.66. The van der Waals surface area contributed by atoms with Crippen LogP contribution in [0.25, 0.3) is 0 Å². The van der Waals surface area contributed by atoms with Gasteiger partial charge in [0.25, 0.3) is 0 Å². The van der Waals surface area contributed by atoms with E-state index in [1.54, 1.807) is 0 Å². The molecule has 1 heterocycles. The van der Waals surface area contributed by atoms with E-state index in [0.29, 0.717) is 0 Å². The minimum atomic E-state index is 0.767. The van der Waals surface area contributed by atoms with Crippen molar-refractivity contribution in [2.24, 2.45) is 0 Å². The van der Waals surface area contributed by atoms with Gasteiger partial charge < -0.3 is 14.8 Å². The van der Waals surface area contributed by atoms with Crippen molar-refractivity contribution in [3.05, 3.63) is 83.4 Å². The van der Waals surface area contributed by atoms with Gasteiger partial charge in [-0.15, -0.1) is 0 Å². The molecule has 2 aromatic carbocycles. The summed E-state index contributed by atoms with van der Waals surface area (Å²) in [7, 11) is 0. The maximum atomic E-state index is 5.81. The van der Waals surface area contributed by atoms with Crippen LogP contribution >= 0.6 is 12.2 Å². The van der Waals surface area contributed by atoms with Crippen LogP contribution in [0.2, 0.25) is 0 Å². The molecule has 4 nitrogen and oxygen atoms in total. The fraction of sp³-hybridized carbons (Fsp3) is 0.304. The second kappa shape index (κ2) is 9.51. The molecule has 0 spiro atoms. The Bertz CT molecular complexity index is 881. The van der Waals surface area contributed by atoms with E-state index < -0.39 is 0 Å². The Morgan fingerprint density at radius 3 is 2.43 bits per heavy atom. The Morgan fingerprint density at radius 2 is 1.79 bits per heavy atom. The smallest absolute Gasteiger partial charge is 0.173 e. The van der Waals surface area contributed by atoms with Gasteiger partial charge in [0.05, 0.1) is 6.33 Å². The average molecular weight is 393 g/mol. The SMILES string of the molecule is Cc1ccc(CN(CCCn2ccnc2)C(=S)Nc2c(C)cccc2C)cc1. The van der Waals surface area contributed by atoms with Crippen LogP contribution in [0.3, 0.4) is 0 Å². The Balaban J connectivity index is 1.71. The van der Waals surface area contributed by atoms with E-state index in [4.69, 9.17) is 12.2 Å². The number of para-hydroxylation sites is 1. The van der Waals surface area contributed by atoms with E-state index in [0.717, 1.165) is 36.9 Å². The first-order valence-corrected chi connectivity index (χ1v) is 10.1. The lowest BCUT2D eigenvalue weighted by molar-refractivity contribution is 0.396. The summed E-state index contributed by atoms with van der Waals surface area (Å²) in [5, 5.41) is 4.26. The Morgan fingerprint density at radius 1 is 1.07 bits per heavy atom. The predicted molar refractivity (Wildman–Crippen MR) is 121 cm³/mol. The van der Waals surface area contributed by atoms with Crippen LogP contribution in [0.1, 0.15) is 28.7 Å². The van der Waals surface area contributed by atoms with Gasteiger partial charge in [-0.2, -0.15) is 0 Å². The van der Waals surface area contributed by atoms with Gasteiger partial charge in [0.2, 0.25) is 0 Å². The van der Waals surface area contributed by atoms with Crippen molar-refractivity contribution in [3.8, 4) is 0 Å². The molecule has 0 radical (unpaired) electrons. The van der Waals surface area contributed by atoms with Crippen molar-refractivity contribution >= 4 is 23.0 Å². The Hall–Kier alpha value is -2.66. The van der Waals surface area contributed by atoms with Crippen LogP contribution < -0.4 is 5.32 Å². The first kappa shape index (κ1) is 20.1. The topological polar surface area (TPSA) is 33.1 Å². The first-order chi connectivity index (χ1) is 13.5. The standard InChI is InChI=1S/C23H28N4S/c1-18-8-10-21(11-9-18)16-27(14-5-13-26-15-12-24-17-26)23(28)25-22-19(2)6-4-7-20(22)3/h4,6-12,15,17H,5,13-14,16H2,1-3H3,(H,25,28). The second-order valence-electron chi connectivity index (χ2n) is 7.26. The zero-order valence-corrected chi connectivity index (χ0v) is 17.7. The van der Waals surface area contributed by atoms with E-state index in [1.165, 1.54) is 22.3 Å². The quantitative estimate of drug-likeness (QED) is 0.567. The summed E-state index contributed by atoms with van der Waals surface area (Å²) < 4.78 is 2.10. The molecule has 1 N–H and O–H groups in total. The Kier molecular flexibility index (Phi) is 6.82. The lowest BCUT2D eigenvalue weighted by atomic mass is 10.1. The maximum absolute atomic E-state index is 5.81. The summed E-state index contributed by atoms with van der Waals surface area (Å²) in [5.74, 6) is 0. The van der Waals surface area contributed by atoms with E-state index in [1.807, 2.05) is 18.7 Å². The van der Waals surface area contributed by atoms with Crippen molar-refractivity contribution in [3.63, 3.8) is 0 Å². The van der Waals surface area contributed by atoms with Gasteiger partial charge in [-0.3, -0.25) is 0 Å². The van der Waals surface area contributed by atoms with Crippen molar-refractivity contribution in [1.82, 2.24) is 14.5 Å². The molecule has 0 amide bonds. The molecule has 28 heavy (non-hydrogen) atoms. The van der Waals surface area contributed by atoms with Crippen molar-refractivity contribution in [1.29, 1.82) is 0 Å². The molecule has 5 heteroatoms. The molecule has 0 bridgehead atoms. The van der Waals surface area contributed by atoms with Crippen LogP contribution in [-0.2, 0) is 13.1 Å². The third-order valence-electron chi connectivity index (χ3n) is 4.90. The lowest BCUT2D eigenvalue weighted by Gasteiger charge is -2.27. The number of imidazole rings is 1. The molecule has 0 saturated carbocycles. The van der Waals surface area contributed by atoms with E-state index in [2.05, 4.69) is 83.0 Å². The molecule has 3 aromatic rings. The van der Waals surface area contributed by atoms with Gasteiger partial charge in [0, 0.05) is 37.7 Å². The predicted octanol–water partition coefficient (Wildman–Crippen LogP) is 5.10. The largest absolute Gasteiger partial charge is 0.345 e. The maximum Gasteiger partial charge on any atom is 0.173 e. The van der Waals surface area contributed by atoms with Crippen molar-refractivity contribution in [2.45, 2.75) is 40.3 Å². The molecule has 0 aliphatic carbocycles. The number of hydrogen-bond acceptors (Lipinski definition) is 2. The number of thiocarbonyl (C=S) groups is 1. The minimum Gasteiger partial charge on any atom is -0.345 e. The van der Waals surface area contributed by atoms with Gasteiger partial charge in [-0.25, -0.2) is 4.98 Å². The summed E-state index contributed by atoms with van der Waals surface area (Å²) in [6, 6.07) is 15.0. The molecule has 3 rings (SSSR count). The van der Waals surface area contributed by atoms with Crippen LogP contribution in [0.15, 0.2) is 61.2 Å². The van der Waals surface area contributed by atoms with Crippen LogP contribution in [0.5, 0.6) is 0 Å². The Labute approximate surface area is 173 Å². The highest BCUT2D eigenvalue weighted by Gasteiger charge is 2.13. The number of benzene rings is 2. The van der Waals surface area contributed by atoms with Gasteiger partial charge in [0.15, 0.2) is 5.11 Å². The number of aromatic nitrogens is 2. The van der Waals surface area contributed by atoms with Crippen molar-refractivity contribution < 1.29 is 0 Å². The average Bonchev–Trinajstić information content (AvgIpc) is 3.19. The zero-order valence-electron chi connectivity index (χ0n) is 16.9. The molecule has 0 aliphatic rings. The third-order valence-corrected chi connectivity index (χ3v) is 5.26. The van der Waals surface area contributed by atoms with E-state index in [-0.39, 0.29) is 0 Å². The molecule has 0 unspecified atom stereocenters. The summed E-state index contributed by atoms with van der Waals surface area (Å²) in [6.07, 6.45) is 6.67. The van der Waals surface area contributed by atoms with Gasteiger partial charge in [-0.1, -0.05) is 48.0 Å². The van der Waals surface area contributed by atoms with Gasteiger partial charge >= 0.3 is 0 Å². The summed E-state index contributed by atoms with van der Waals surface area (Å²) in [4.78, 5) is 6.37. The zero-order chi connectivity index (χ0) is 19.9. The summed E-state index contributed by atoms with van der Waals surface area (Å²) in [6.45, 7) is 8.93. The van der Waals surface area contributed by atoms with E-state index in [9.17, 15) is 0 Å². The molecule has 0 saturated heterocycles. The van der Waals surface area contributed by atoms with E-state index >= 15 is 0 Å². The molecule has 146 valence electrons. The van der Waals surface area contributed by atoms with Crippen molar-refractivity contribution in [2.75, 3.05) is 11.9 Å². The highest BCUT2D eigenvalue weighted by molar-refractivity contribution is 7.80. The fourth-order valence-corrected chi connectivity index (χ4v) is 3.48. The molecule has 0 aliphatic heterocycles. The number of hydrogen-bond donors (Lipinski definition) is 1. The van der Waals surface area contributed by atoms with Crippen LogP contribution in [-0.4, -0.2) is 26.1 Å². The monoisotopic (exact) mass is 392 g/mol. The molecule has 0 fully saturated rings. The lowest BCUT2D eigenvalue weighted by Crippen LogP contribution is -2.35. The summed E-state index contributed by atoms with van der Waals surface area (Å²) >= 11 is 5.81. The molecule has 0 atom stereocenters. The van der Waals surface area contributed by atoms with Crippen LogP contribution in [0.4, 0.5) is 5.69 Å². The number of anilines is 1. The highest BCUT2D eigenvalue weighted by Crippen LogP contribution is 2.20. The minimum absolute atomic E-state index is 0.767. The fourth-order valence-electron chi connectivity index (χ4n) is 3.23. The number of nitrogens with zero attached hydrogens (tertiary/aromatic N) is 3. The van der Waals surface area contributed by atoms with Crippen LogP contribution in [0, 0.1) is 20.8 Å². The summed E-state index contributed by atoms with van der Waals surface area (Å²) in [5.41, 5.74) is 6.05.